The molecule has 0 saturated carbocycles. The molecule has 0 unspecified atom stereocenters. The Morgan fingerprint density at radius 2 is 1.58 bits per heavy atom. The summed E-state index contributed by atoms with van der Waals surface area (Å²) in [6.07, 6.45) is 8.73. The van der Waals surface area contributed by atoms with Gasteiger partial charge >= 0.3 is 0 Å². The summed E-state index contributed by atoms with van der Waals surface area (Å²) in [4.78, 5) is 10.6. The Balaban J connectivity index is 2.59. The van der Waals surface area contributed by atoms with Crippen LogP contribution >= 0.6 is 11.6 Å². The van der Waals surface area contributed by atoms with Crippen LogP contribution in [0.5, 0.6) is 0 Å². The molecule has 0 aromatic carbocycles. The van der Waals surface area contributed by atoms with Gasteiger partial charge in [0.1, 0.15) is 6.29 Å². The molecule has 0 amide bonds. The maximum Gasteiger partial charge on any atom is 0.147 e. The summed E-state index contributed by atoms with van der Waals surface area (Å²) in [6.45, 7) is 0. The molecule has 0 aromatic heterocycles. The molecule has 1 nitrogen and oxygen atoms in total. The van der Waals surface area contributed by atoms with Crippen LogP contribution in [0, 0.1) is 0 Å². The zero-order valence-electron chi connectivity index (χ0n) is 7.31. The van der Waals surface area contributed by atoms with Crippen molar-refractivity contribution in [1.29, 1.82) is 0 Å². The summed E-state index contributed by atoms with van der Waals surface area (Å²) in [5.41, 5.74) is 0.832. The number of allylic oxidation sites excluding steroid dienone is 2. The first-order valence-corrected chi connectivity index (χ1v) is 5.05. The Kier molecular flexibility index (Phi) is 4.37. The van der Waals surface area contributed by atoms with E-state index >= 15 is 0 Å². The molecule has 0 spiro atoms. The van der Waals surface area contributed by atoms with E-state index in [4.69, 9.17) is 11.6 Å². The highest BCUT2D eigenvalue weighted by molar-refractivity contribution is 6.31. The number of halogens is 1. The van der Waals surface area contributed by atoms with Crippen molar-refractivity contribution in [3.63, 3.8) is 0 Å². The fourth-order valence-electron chi connectivity index (χ4n) is 1.55. The predicted octanol–water partition coefficient (Wildman–Crippen LogP) is 3.42. The van der Waals surface area contributed by atoms with Crippen LogP contribution in [0.2, 0.25) is 0 Å². The molecule has 0 atom stereocenters. The van der Waals surface area contributed by atoms with Crippen LogP contribution in [0.25, 0.3) is 0 Å². The van der Waals surface area contributed by atoms with E-state index in [1.54, 1.807) is 0 Å². The van der Waals surface area contributed by atoms with Crippen molar-refractivity contribution in [2.24, 2.45) is 0 Å². The monoisotopic (exact) mass is 186 g/mol. The topological polar surface area (TPSA) is 17.1 Å². The second-order valence-electron chi connectivity index (χ2n) is 3.32. The van der Waals surface area contributed by atoms with E-state index in [1.165, 1.54) is 19.3 Å². The van der Waals surface area contributed by atoms with E-state index in [1.807, 2.05) is 0 Å². The van der Waals surface area contributed by atoms with Crippen LogP contribution in [-0.4, -0.2) is 6.29 Å². The third-order valence-corrected chi connectivity index (χ3v) is 2.76. The lowest BCUT2D eigenvalue weighted by Crippen LogP contribution is -1.88. The lowest BCUT2D eigenvalue weighted by atomic mass is 10.1. The van der Waals surface area contributed by atoms with Crippen LogP contribution in [-0.2, 0) is 4.79 Å². The Hall–Kier alpha value is -0.300. The summed E-state index contributed by atoms with van der Waals surface area (Å²) in [5, 5.41) is 0.798. The summed E-state index contributed by atoms with van der Waals surface area (Å²) in [6, 6.07) is 0. The molecule has 12 heavy (non-hydrogen) atoms. The van der Waals surface area contributed by atoms with E-state index in [0.29, 0.717) is 0 Å². The number of carbonyl (C=O) groups excluding carboxylic acids is 1. The molecule has 2 heteroatoms. The first-order chi connectivity index (χ1) is 5.84. The van der Waals surface area contributed by atoms with Gasteiger partial charge in [0.15, 0.2) is 0 Å². The van der Waals surface area contributed by atoms with Crippen LogP contribution < -0.4 is 0 Å². The van der Waals surface area contributed by atoms with Crippen molar-refractivity contribution in [1.82, 2.24) is 0 Å². The second-order valence-corrected chi connectivity index (χ2v) is 3.77. The first-order valence-electron chi connectivity index (χ1n) is 4.67. The minimum Gasteiger partial charge on any atom is -0.298 e. The largest absolute Gasteiger partial charge is 0.298 e. The van der Waals surface area contributed by atoms with Crippen LogP contribution in [0.1, 0.15) is 44.9 Å². The Morgan fingerprint density at radius 1 is 1.00 bits per heavy atom. The van der Waals surface area contributed by atoms with Gasteiger partial charge in [-0.1, -0.05) is 30.9 Å². The zero-order chi connectivity index (χ0) is 8.81. The summed E-state index contributed by atoms with van der Waals surface area (Å²) in [7, 11) is 0. The van der Waals surface area contributed by atoms with Gasteiger partial charge in [0.2, 0.25) is 0 Å². The van der Waals surface area contributed by atoms with Crippen molar-refractivity contribution in [3.05, 3.63) is 10.6 Å². The third kappa shape index (κ3) is 2.98. The molecule has 1 rings (SSSR count). The minimum atomic E-state index is 0.798. The molecule has 0 aliphatic heterocycles. The van der Waals surface area contributed by atoms with Gasteiger partial charge in [0.25, 0.3) is 0 Å². The predicted molar refractivity (Wildman–Crippen MR) is 51.3 cm³/mol. The zero-order valence-corrected chi connectivity index (χ0v) is 8.07. The van der Waals surface area contributed by atoms with Crippen molar-refractivity contribution >= 4 is 17.9 Å². The fourth-order valence-corrected chi connectivity index (χ4v) is 1.82. The van der Waals surface area contributed by atoms with E-state index in [0.717, 1.165) is 42.6 Å². The number of rotatable bonds is 1. The molecular formula is C10H15ClO. The average molecular weight is 187 g/mol. The lowest BCUT2D eigenvalue weighted by molar-refractivity contribution is -0.105. The van der Waals surface area contributed by atoms with Gasteiger partial charge in [-0.05, 0) is 25.7 Å². The molecule has 0 N–H and O–H groups in total. The van der Waals surface area contributed by atoms with Gasteiger partial charge < -0.3 is 0 Å². The van der Waals surface area contributed by atoms with E-state index in [-0.39, 0.29) is 0 Å². The molecular weight excluding hydrogens is 172 g/mol. The maximum atomic E-state index is 10.6. The van der Waals surface area contributed by atoms with E-state index in [2.05, 4.69) is 0 Å². The normalized spacial score (nSPS) is 27.1. The molecule has 0 radical (unpaired) electrons. The Labute approximate surface area is 78.8 Å². The average Bonchev–Trinajstić information content (AvgIpc) is 2.17. The van der Waals surface area contributed by atoms with Gasteiger partial charge in [-0.25, -0.2) is 0 Å². The van der Waals surface area contributed by atoms with E-state index < -0.39 is 0 Å². The molecule has 0 aromatic rings. The van der Waals surface area contributed by atoms with Gasteiger partial charge in [-0.2, -0.15) is 0 Å². The molecule has 0 bridgehead atoms. The van der Waals surface area contributed by atoms with Crippen LogP contribution in [0.3, 0.4) is 0 Å². The maximum absolute atomic E-state index is 10.6. The smallest absolute Gasteiger partial charge is 0.147 e. The van der Waals surface area contributed by atoms with Crippen molar-refractivity contribution < 1.29 is 4.79 Å². The number of hydrogen-bond acceptors (Lipinski definition) is 1. The number of aldehydes is 1. The minimum absolute atomic E-state index is 0.798. The highest BCUT2D eigenvalue weighted by Gasteiger charge is 2.06. The summed E-state index contributed by atoms with van der Waals surface area (Å²) >= 11 is 5.98. The summed E-state index contributed by atoms with van der Waals surface area (Å²) < 4.78 is 0. The number of carbonyl (C=O) groups is 1. The second kappa shape index (κ2) is 5.36. The van der Waals surface area contributed by atoms with E-state index in [9.17, 15) is 4.79 Å². The molecule has 0 heterocycles. The van der Waals surface area contributed by atoms with Gasteiger partial charge in [0.05, 0.1) is 0 Å². The Bertz CT molecular complexity index is 184. The molecule has 0 saturated heterocycles. The van der Waals surface area contributed by atoms with Crippen molar-refractivity contribution in [3.8, 4) is 0 Å². The first kappa shape index (κ1) is 9.79. The van der Waals surface area contributed by atoms with Gasteiger partial charge in [-0.15, -0.1) is 0 Å². The lowest BCUT2D eigenvalue weighted by Gasteiger charge is -2.00. The molecule has 0 fully saturated rings. The SMILES string of the molecule is O=C/C1=C(\Cl)CCCCCCC1. The highest BCUT2D eigenvalue weighted by atomic mass is 35.5. The third-order valence-electron chi connectivity index (χ3n) is 2.33. The highest BCUT2D eigenvalue weighted by Crippen LogP contribution is 2.23. The Morgan fingerprint density at radius 3 is 2.25 bits per heavy atom. The quantitative estimate of drug-likeness (QED) is 0.574. The van der Waals surface area contributed by atoms with Gasteiger partial charge in [-0.3, -0.25) is 4.79 Å². The van der Waals surface area contributed by atoms with Crippen LogP contribution in [0.15, 0.2) is 10.6 Å². The van der Waals surface area contributed by atoms with Crippen molar-refractivity contribution in [2.75, 3.05) is 0 Å². The number of hydrogen-bond donors (Lipinski definition) is 0. The molecule has 1 aliphatic rings. The molecule has 68 valence electrons. The van der Waals surface area contributed by atoms with Gasteiger partial charge in [0, 0.05) is 10.6 Å². The van der Waals surface area contributed by atoms with Crippen LogP contribution in [0.4, 0.5) is 0 Å². The molecule has 1 aliphatic carbocycles. The van der Waals surface area contributed by atoms with Crippen molar-refractivity contribution in [2.45, 2.75) is 44.9 Å². The summed E-state index contributed by atoms with van der Waals surface area (Å²) in [5.74, 6) is 0. The fraction of sp³-hybridized carbons (Fsp3) is 0.700. The standard InChI is InChI=1S/C10H15ClO/c11-10-7-5-3-1-2-4-6-9(10)8-12/h8H,1-7H2/b10-9-.